The van der Waals surface area contributed by atoms with Crippen molar-refractivity contribution in [3.63, 3.8) is 0 Å². The van der Waals surface area contributed by atoms with E-state index < -0.39 is 11.0 Å². The first-order chi connectivity index (χ1) is 9.90. The van der Waals surface area contributed by atoms with Gasteiger partial charge < -0.3 is 22.5 Å². The number of aliphatic imine (C=N–C) groups is 1. The van der Waals surface area contributed by atoms with Crippen LogP contribution in [0.25, 0.3) is 0 Å². The summed E-state index contributed by atoms with van der Waals surface area (Å²) in [7, 11) is 0. The number of nitrogens with two attached hydrogens (primary N) is 3. The molecule has 0 aromatic heterocycles. The van der Waals surface area contributed by atoms with Crippen LogP contribution in [0.1, 0.15) is 12.8 Å². The average molecular weight is 367 g/mol. The molecule has 0 bridgehead atoms. The maximum Gasteiger partial charge on any atom is 0.269 e. The Bertz CT molecular complexity index is 534. The molecule has 0 aliphatic heterocycles. The summed E-state index contributed by atoms with van der Waals surface area (Å²) in [5.74, 6) is -0.368. The zero-order chi connectivity index (χ0) is 15.8. The number of amides is 1. The summed E-state index contributed by atoms with van der Waals surface area (Å²) in [4.78, 5) is 25.6. The monoisotopic (exact) mass is 366 g/mol. The lowest BCUT2D eigenvalue weighted by Crippen LogP contribution is -2.35. The topological polar surface area (TPSA) is 163 Å². The second kappa shape index (κ2) is 11.5. The quantitative estimate of drug-likeness (QED) is 0.183. The molecule has 11 heteroatoms. The standard InChI is InChI=1S/C12H18N6O3.2ClH/c13-10(2-1-7-16-12(14)15)11(19)17-8-3-5-9(6-4-8)18(20)21;;/h3-6,10H,1-2,7,13H2,(H,17,19)(H4,14,15,16);2*1H. The summed E-state index contributed by atoms with van der Waals surface area (Å²) in [6, 6.07) is 4.80. The van der Waals surface area contributed by atoms with E-state index in [-0.39, 0.29) is 42.4 Å². The van der Waals surface area contributed by atoms with Gasteiger partial charge in [-0.05, 0) is 25.0 Å². The van der Waals surface area contributed by atoms with E-state index in [2.05, 4.69) is 10.3 Å². The van der Waals surface area contributed by atoms with Crippen molar-refractivity contribution in [3.05, 3.63) is 34.4 Å². The number of hydrogen-bond acceptors (Lipinski definition) is 5. The van der Waals surface area contributed by atoms with E-state index >= 15 is 0 Å². The lowest BCUT2D eigenvalue weighted by molar-refractivity contribution is -0.384. The van der Waals surface area contributed by atoms with Gasteiger partial charge in [-0.15, -0.1) is 24.8 Å². The Kier molecular flexibility index (Phi) is 11.5. The molecule has 1 aromatic carbocycles. The molecule has 1 amide bonds. The third-order valence-electron chi connectivity index (χ3n) is 2.65. The van der Waals surface area contributed by atoms with Crippen LogP contribution in [-0.2, 0) is 4.79 Å². The maximum atomic E-state index is 11.8. The van der Waals surface area contributed by atoms with Crippen molar-refractivity contribution in [2.75, 3.05) is 11.9 Å². The van der Waals surface area contributed by atoms with E-state index in [1.54, 1.807) is 0 Å². The second-order valence-corrected chi connectivity index (χ2v) is 4.35. The number of hydrogen-bond donors (Lipinski definition) is 4. The van der Waals surface area contributed by atoms with Crippen LogP contribution in [0, 0.1) is 10.1 Å². The first-order valence-electron chi connectivity index (χ1n) is 6.26. The number of nitrogens with zero attached hydrogens (tertiary/aromatic N) is 2. The fraction of sp³-hybridized carbons (Fsp3) is 0.333. The number of nitro benzene ring substituents is 1. The molecule has 130 valence electrons. The summed E-state index contributed by atoms with van der Waals surface area (Å²) in [5.41, 5.74) is 16.5. The van der Waals surface area contributed by atoms with Crippen molar-refractivity contribution in [2.45, 2.75) is 18.9 Å². The van der Waals surface area contributed by atoms with Gasteiger partial charge in [-0.3, -0.25) is 19.9 Å². The molecule has 0 fully saturated rings. The number of halogens is 2. The first kappa shape index (κ1) is 23.2. The highest BCUT2D eigenvalue weighted by Gasteiger charge is 2.13. The highest BCUT2D eigenvalue weighted by atomic mass is 35.5. The van der Waals surface area contributed by atoms with E-state index in [4.69, 9.17) is 17.2 Å². The third kappa shape index (κ3) is 8.81. The molecule has 1 unspecified atom stereocenters. The average Bonchev–Trinajstić information content (AvgIpc) is 2.43. The molecule has 0 saturated heterocycles. The first-order valence-corrected chi connectivity index (χ1v) is 6.26. The van der Waals surface area contributed by atoms with E-state index in [9.17, 15) is 14.9 Å². The summed E-state index contributed by atoms with van der Waals surface area (Å²) in [6.07, 6.45) is 1.00. The summed E-state index contributed by atoms with van der Waals surface area (Å²) in [6.45, 7) is 0.404. The minimum atomic E-state index is -0.700. The highest BCUT2D eigenvalue weighted by molar-refractivity contribution is 5.94. The van der Waals surface area contributed by atoms with Crippen molar-refractivity contribution in [2.24, 2.45) is 22.2 Å². The van der Waals surface area contributed by atoms with Crippen LogP contribution in [0.5, 0.6) is 0 Å². The zero-order valence-electron chi connectivity index (χ0n) is 12.2. The minimum Gasteiger partial charge on any atom is -0.370 e. The SMILES string of the molecule is Cl.Cl.NC(N)=NCCCC(N)C(=O)Nc1ccc([N+](=O)[O-])cc1. The van der Waals surface area contributed by atoms with Crippen molar-refractivity contribution in [1.82, 2.24) is 0 Å². The van der Waals surface area contributed by atoms with Gasteiger partial charge in [0.1, 0.15) is 0 Å². The van der Waals surface area contributed by atoms with Crippen LogP contribution < -0.4 is 22.5 Å². The van der Waals surface area contributed by atoms with Crippen molar-refractivity contribution < 1.29 is 9.72 Å². The van der Waals surface area contributed by atoms with Gasteiger partial charge in [-0.25, -0.2) is 0 Å². The van der Waals surface area contributed by atoms with Gasteiger partial charge in [-0.2, -0.15) is 0 Å². The lowest BCUT2D eigenvalue weighted by Gasteiger charge is -2.11. The van der Waals surface area contributed by atoms with Gasteiger partial charge in [0.25, 0.3) is 5.69 Å². The van der Waals surface area contributed by atoms with Gasteiger partial charge in [0, 0.05) is 24.4 Å². The normalized spacial score (nSPS) is 10.5. The molecule has 1 aromatic rings. The number of carbonyl (C=O) groups is 1. The van der Waals surface area contributed by atoms with E-state index in [1.807, 2.05) is 0 Å². The lowest BCUT2D eigenvalue weighted by atomic mass is 10.1. The molecule has 0 saturated carbocycles. The second-order valence-electron chi connectivity index (χ2n) is 4.35. The molecule has 0 aliphatic rings. The molecule has 0 radical (unpaired) electrons. The fourth-order valence-electron chi connectivity index (χ4n) is 1.55. The number of rotatable bonds is 7. The van der Waals surface area contributed by atoms with Gasteiger partial charge >= 0.3 is 0 Å². The summed E-state index contributed by atoms with van der Waals surface area (Å²) in [5, 5.41) is 13.1. The molecule has 0 heterocycles. The molecule has 0 aliphatic carbocycles. The Morgan fingerprint density at radius 3 is 2.30 bits per heavy atom. The fourth-order valence-corrected chi connectivity index (χ4v) is 1.55. The molecule has 1 rings (SSSR count). The number of non-ortho nitro benzene ring substituents is 1. The largest absolute Gasteiger partial charge is 0.370 e. The van der Waals surface area contributed by atoms with Crippen LogP contribution in [0.2, 0.25) is 0 Å². The van der Waals surface area contributed by atoms with Crippen molar-refractivity contribution >= 4 is 48.1 Å². The number of carbonyl (C=O) groups excluding carboxylic acids is 1. The number of guanidine groups is 1. The highest BCUT2D eigenvalue weighted by Crippen LogP contribution is 2.15. The van der Waals surface area contributed by atoms with E-state index in [1.165, 1.54) is 24.3 Å². The summed E-state index contributed by atoms with van der Waals surface area (Å²) < 4.78 is 0. The Balaban J connectivity index is 0. The van der Waals surface area contributed by atoms with Crippen molar-refractivity contribution in [3.8, 4) is 0 Å². The van der Waals surface area contributed by atoms with Gasteiger partial charge in [0.2, 0.25) is 5.91 Å². The van der Waals surface area contributed by atoms with Crippen LogP contribution >= 0.6 is 24.8 Å². The maximum absolute atomic E-state index is 11.8. The number of benzene rings is 1. The van der Waals surface area contributed by atoms with Crippen LogP contribution in [-0.4, -0.2) is 29.4 Å². The van der Waals surface area contributed by atoms with Gasteiger partial charge in [-0.1, -0.05) is 0 Å². The van der Waals surface area contributed by atoms with Crippen LogP contribution in [0.3, 0.4) is 0 Å². The van der Waals surface area contributed by atoms with Gasteiger partial charge in [0.05, 0.1) is 11.0 Å². The number of anilines is 1. The Labute approximate surface area is 145 Å². The molecule has 23 heavy (non-hydrogen) atoms. The Hall–Kier alpha value is -2.10. The smallest absolute Gasteiger partial charge is 0.269 e. The number of nitrogens with one attached hydrogen (secondary N) is 1. The Morgan fingerprint density at radius 1 is 1.26 bits per heavy atom. The predicted octanol–water partition coefficient (Wildman–Crippen LogP) is 0.758. The third-order valence-corrected chi connectivity index (χ3v) is 2.65. The van der Waals surface area contributed by atoms with Crippen LogP contribution in [0.4, 0.5) is 11.4 Å². The van der Waals surface area contributed by atoms with E-state index in [0.717, 1.165) is 0 Å². The molecular formula is C12H20Cl2N6O3. The summed E-state index contributed by atoms with van der Waals surface area (Å²) >= 11 is 0. The zero-order valence-corrected chi connectivity index (χ0v) is 13.8. The Morgan fingerprint density at radius 2 is 1.83 bits per heavy atom. The molecule has 7 N–H and O–H groups in total. The van der Waals surface area contributed by atoms with Gasteiger partial charge in [0.15, 0.2) is 5.96 Å². The number of nitro groups is 1. The molecule has 0 spiro atoms. The van der Waals surface area contributed by atoms with E-state index in [0.29, 0.717) is 25.1 Å². The predicted molar refractivity (Wildman–Crippen MR) is 94.1 cm³/mol. The van der Waals surface area contributed by atoms with Crippen LogP contribution in [0.15, 0.2) is 29.3 Å². The minimum absolute atomic E-state index is 0. The molecule has 9 nitrogen and oxygen atoms in total. The molecule has 1 atom stereocenters. The molecular weight excluding hydrogens is 347 g/mol. The van der Waals surface area contributed by atoms with Crippen molar-refractivity contribution in [1.29, 1.82) is 0 Å².